The quantitative estimate of drug-likeness (QED) is 0.733. The van der Waals surface area contributed by atoms with Gasteiger partial charge in [0, 0.05) is 10.9 Å². The van der Waals surface area contributed by atoms with Gasteiger partial charge in [-0.25, -0.2) is 9.97 Å². The first-order valence-corrected chi connectivity index (χ1v) is 9.14. The van der Waals surface area contributed by atoms with Crippen LogP contribution in [0.3, 0.4) is 0 Å². The average Bonchev–Trinajstić information content (AvgIpc) is 2.93. The third-order valence-corrected chi connectivity index (χ3v) is 5.76. The van der Waals surface area contributed by atoms with Gasteiger partial charge in [-0.15, -0.1) is 11.3 Å². The number of hydrogen-bond acceptors (Lipinski definition) is 4. The summed E-state index contributed by atoms with van der Waals surface area (Å²) in [6.07, 6.45) is 4.94. The fourth-order valence-corrected chi connectivity index (χ4v) is 4.71. The molecular weight excluding hydrogens is 302 g/mol. The van der Waals surface area contributed by atoms with E-state index >= 15 is 0 Å². The number of benzene rings is 1. The Kier molecular flexibility index (Phi) is 3.77. The van der Waals surface area contributed by atoms with Crippen molar-refractivity contribution in [1.29, 1.82) is 0 Å². The minimum atomic E-state index is 0.229. The SMILES string of the molecule is Cc1nc(NC(C)c2ccccc2)c2c3c(sc2n1)CCCC3. The third-order valence-electron chi connectivity index (χ3n) is 4.58. The topological polar surface area (TPSA) is 37.8 Å². The van der Waals surface area contributed by atoms with Crippen LogP contribution in [0.15, 0.2) is 30.3 Å². The molecule has 3 nitrogen and oxygen atoms in total. The van der Waals surface area contributed by atoms with Crippen LogP contribution in [-0.2, 0) is 12.8 Å². The first kappa shape index (κ1) is 14.6. The van der Waals surface area contributed by atoms with Gasteiger partial charge in [-0.2, -0.15) is 0 Å². The summed E-state index contributed by atoms with van der Waals surface area (Å²) in [6, 6.07) is 10.8. The summed E-state index contributed by atoms with van der Waals surface area (Å²) < 4.78 is 0. The number of aromatic nitrogens is 2. The molecule has 0 amide bonds. The van der Waals surface area contributed by atoms with Gasteiger partial charge in [-0.1, -0.05) is 30.3 Å². The van der Waals surface area contributed by atoms with Gasteiger partial charge < -0.3 is 5.32 Å². The predicted molar refractivity (Wildman–Crippen MR) is 97.3 cm³/mol. The Bertz CT molecular complexity index is 839. The van der Waals surface area contributed by atoms with Crippen LogP contribution in [0.4, 0.5) is 5.82 Å². The second-order valence-corrected chi connectivity index (χ2v) is 7.37. The van der Waals surface area contributed by atoms with E-state index in [0.29, 0.717) is 0 Å². The Morgan fingerprint density at radius 3 is 2.70 bits per heavy atom. The van der Waals surface area contributed by atoms with Crippen molar-refractivity contribution in [3.63, 3.8) is 0 Å². The van der Waals surface area contributed by atoms with Crippen LogP contribution >= 0.6 is 11.3 Å². The second-order valence-electron chi connectivity index (χ2n) is 6.29. The van der Waals surface area contributed by atoms with E-state index in [1.165, 1.54) is 40.7 Å². The lowest BCUT2D eigenvalue weighted by molar-refractivity contribution is 0.700. The molecule has 0 saturated carbocycles. The second kappa shape index (κ2) is 5.93. The van der Waals surface area contributed by atoms with Crippen molar-refractivity contribution >= 4 is 27.4 Å². The standard InChI is InChI=1S/C19H21N3S/c1-12(14-8-4-3-5-9-14)20-18-17-15-10-6-7-11-16(15)23-19(17)22-13(2)21-18/h3-5,8-9,12H,6-7,10-11H2,1-2H3,(H,20,21,22). The zero-order valence-electron chi connectivity index (χ0n) is 13.6. The van der Waals surface area contributed by atoms with Crippen molar-refractivity contribution in [1.82, 2.24) is 9.97 Å². The van der Waals surface area contributed by atoms with Gasteiger partial charge in [0.25, 0.3) is 0 Å². The van der Waals surface area contributed by atoms with Gasteiger partial charge in [-0.3, -0.25) is 0 Å². The number of fused-ring (bicyclic) bond motifs is 3. The van der Waals surface area contributed by atoms with Crippen molar-refractivity contribution in [2.75, 3.05) is 5.32 Å². The molecule has 1 aromatic carbocycles. The van der Waals surface area contributed by atoms with Gasteiger partial charge in [0.2, 0.25) is 0 Å². The van der Waals surface area contributed by atoms with Crippen LogP contribution in [-0.4, -0.2) is 9.97 Å². The van der Waals surface area contributed by atoms with E-state index < -0.39 is 0 Å². The molecule has 1 aliphatic rings. The molecule has 0 fully saturated rings. The maximum atomic E-state index is 4.73. The monoisotopic (exact) mass is 323 g/mol. The molecule has 23 heavy (non-hydrogen) atoms. The summed E-state index contributed by atoms with van der Waals surface area (Å²) in [5.41, 5.74) is 2.76. The molecule has 4 heteroatoms. The van der Waals surface area contributed by atoms with Crippen LogP contribution < -0.4 is 5.32 Å². The normalized spacial score (nSPS) is 15.4. The molecule has 1 N–H and O–H groups in total. The molecule has 2 aromatic heterocycles. The number of hydrogen-bond donors (Lipinski definition) is 1. The molecule has 0 radical (unpaired) electrons. The van der Waals surface area contributed by atoms with E-state index in [-0.39, 0.29) is 6.04 Å². The maximum Gasteiger partial charge on any atom is 0.139 e. The summed E-state index contributed by atoms with van der Waals surface area (Å²) >= 11 is 1.86. The van der Waals surface area contributed by atoms with Crippen LogP contribution in [0.2, 0.25) is 0 Å². The Labute approximate surface area is 140 Å². The number of aryl methyl sites for hydroxylation is 3. The molecule has 3 aromatic rings. The van der Waals surface area contributed by atoms with E-state index in [2.05, 4.69) is 47.6 Å². The van der Waals surface area contributed by atoms with E-state index in [1.54, 1.807) is 0 Å². The number of rotatable bonds is 3. The molecule has 1 unspecified atom stereocenters. The lowest BCUT2D eigenvalue weighted by Crippen LogP contribution is -2.10. The smallest absolute Gasteiger partial charge is 0.139 e. The highest BCUT2D eigenvalue weighted by atomic mass is 32.1. The Hall–Kier alpha value is -1.94. The van der Waals surface area contributed by atoms with Crippen molar-refractivity contribution < 1.29 is 0 Å². The minimum Gasteiger partial charge on any atom is -0.363 e. The highest BCUT2D eigenvalue weighted by molar-refractivity contribution is 7.19. The maximum absolute atomic E-state index is 4.73. The Morgan fingerprint density at radius 2 is 1.87 bits per heavy atom. The van der Waals surface area contributed by atoms with Gasteiger partial charge in [0.05, 0.1) is 5.39 Å². The molecular formula is C19H21N3S. The van der Waals surface area contributed by atoms with E-state index in [1.807, 2.05) is 18.3 Å². The van der Waals surface area contributed by atoms with Gasteiger partial charge in [0.15, 0.2) is 0 Å². The third kappa shape index (κ3) is 2.72. The average molecular weight is 323 g/mol. The molecule has 1 atom stereocenters. The number of nitrogens with zero attached hydrogens (tertiary/aromatic N) is 2. The fourth-order valence-electron chi connectivity index (χ4n) is 3.40. The van der Waals surface area contributed by atoms with Crippen LogP contribution in [0.25, 0.3) is 10.2 Å². The Balaban J connectivity index is 1.78. The highest BCUT2D eigenvalue weighted by Gasteiger charge is 2.21. The van der Waals surface area contributed by atoms with Crippen LogP contribution in [0.5, 0.6) is 0 Å². The largest absolute Gasteiger partial charge is 0.363 e. The molecule has 1 aliphatic carbocycles. The zero-order valence-corrected chi connectivity index (χ0v) is 14.4. The van der Waals surface area contributed by atoms with Gasteiger partial charge >= 0.3 is 0 Å². The summed E-state index contributed by atoms with van der Waals surface area (Å²) in [5, 5.41) is 4.90. The Morgan fingerprint density at radius 1 is 1.09 bits per heavy atom. The van der Waals surface area contributed by atoms with Crippen molar-refractivity contribution in [3.8, 4) is 0 Å². The molecule has 2 heterocycles. The number of anilines is 1. The van der Waals surface area contributed by atoms with Gasteiger partial charge in [0.1, 0.15) is 16.5 Å². The molecule has 0 spiro atoms. The fraction of sp³-hybridized carbons (Fsp3) is 0.368. The summed E-state index contributed by atoms with van der Waals surface area (Å²) in [4.78, 5) is 12.1. The van der Waals surface area contributed by atoms with Crippen molar-refractivity contribution in [2.45, 2.75) is 45.6 Å². The molecule has 118 valence electrons. The minimum absolute atomic E-state index is 0.229. The first-order chi connectivity index (χ1) is 11.2. The predicted octanol–water partition coefficient (Wildman–Crippen LogP) is 5.05. The molecule has 0 bridgehead atoms. The lowest BCUT2D eigenvalue weighted by atomic mass is 9.97. The summed E-state index contributed by atoms with van der Waals surface area (Å²) in [5.74, 6) is 1.85. The first-order valence-electron chi connectivity index (χ1n) is 8.33. The summed E-state index contributed by atoms with van der Waals surface area (Å²) in [7, 11) is 0. The molecule has 0 aliphatic heterocycles. The molecule has 4 rings (SSSR count). The van der Waals surface area contributed by atoms with Crippen molar-refractivity contribution in [2.24, 2.45) is 0 Å². The van der Waals surface area contributed by atoms with E-state index in [0.717, 1.165) is 22.9 Å². The van der Waals surface area contributed by atoms with E-state index in [9.17, 15) is 0 Å². The van der Waals surface area contributed by atoms with Crippen LogP contribution in [0, 0.1) is 6.92 Å². The highest BCUT2D eigenvalue weighted by Crippen LogP contribution is 2.39. The van der Waals surface area contributed by atoms with Gasteiger partial charge in [-0.05, 0) is 50.7 Å². The molecule has 0 saturated heterocycles. The number of nitrogens with one attached hydrogen (secondary N) is 1. The van der Waals surface area contributed by atoms with Crippen molar-refractivity contribution in [3.05, 3.63) is 52.2 Å². The zero-order chi connectivity index (χ0) is 15.8. The van der Waals surface area contributed by atoms with E-state index in [4.69, 9.17) is 4.98 Å². The number of thiophene rings is 1. The lowest BCUT2D eigenvalue weighted by Gasteiger charge is -2.17. The summed E-state index contributed by atoms with van der Waals surface area (Å²) in [6.45, 7) is 4.17. The van der Waals surface area contributed by atoms with Crippen LogP contribution in [0.1, 0.15) is 47.6 Å².